The Morgan fingerprint density at radius 2 is 2.23 bits per heavy atom. The monoisotopic (exact) mass is 209 g/mol. The molecule has 1 heterocycles. The maximum atomic E-state index is 12.3. The Morgan fingerprint density at radius 3 is 2.69 bits per heavy atom. The van der Waals surface area contributed by atoms with Crippen LogP contribution >= 0.6 is 11.6 Å². The summed E-state index contributed by atoms with van der Waals surface area (Å²) in [4.78, 5) is 3.43. The first-order chi connectivity index (χ1) is 6.06. The molecule has 1 aromatic rings. The van der Waals surface area contributed by atoms with Crippen LogP contribution in [-0.2, 0) is 0 Å². The number of hydrogen-bond acceptors (Lipinski definition) is 3. The molecule has 1 aromatic heterocycles. The second-order valence-electron chi connectivity index (χ2n) is 2.20. The van der Waals surface area contributed by atoms with Crippen LogP contribution < -0.4 is 4.74 Å². The van der Waals surface area contributed by atoms with Crippen molar-refractivity contribution in [3.8, 4) is 11.6 Å². The molecule has 13 heavy (non-hydrogen) atoms. The van der Waals surface area contributed by atoms with Crippen molar-refractivity contribution >= 4 is 11.6 Å². The summed E-state index contributed by atoms with van der Waals surface area (Å²) in [5, 5.41) is 8.72. The standard InChI is InChI=1S/C7H6ClF2NO2/c1-13-7-3(6(9)10)2-4(12)5(8)11-7/h2,6,12H,1H3. The highest BCUT2D eigenvalue weighted by atomic mass is 35.5. The molecule has 0 atom stereocenters. The van der Waals surface area contributed by atoms with Crippen molar-refractivity contribution in [3.63, 3.8) is 0 Å². The lowest BCUT2D eigenvalue weighted by atomic mass is 10.3. The Balaban J connectivity index is 3.25. The van der Waals surface area contributed by atoms with E-state index in [2.05, 4.69) is 9.72 Å². The molecule has 0 aliphatic carbocycles. The Kier molecular flexibility index (Phi) is 2.87. The van der Waals surface area contributed by atoms with Gasteiger partial charge >= 0.3 is 0 Å². The number of pyridine rings is 1. The molecule has 0 saturated heterocycles. The molecule has 0 aromatic carbocycles. The SMILES string of the molecule is COc1nc(Cl)c(O)cc1C(F)F. The van der Waals surface area contributed by atoms with Crippen molar-refractivity contribution in [2.75, 3.05) is 7.11 Å². The van der Waals surface area contributed by atoms with E-state index in [9.17, 15) is 8.78 Å². The second-order valence-corrected chi connectivity index (χ2v) is 2.56. The van der Waals surface area contributed by atoms with Gasteiger partial charge in [0.15, 0.2) is 10.9 Å². The van der Waals surface area contributed by atoms with Crippen LogP contribution in [0.1, 0.15) is 12.0 Å². The third-order valence-corrected chi connectivity index (χ3v) is 1.66. The first kappa shape index (κ1) is 9.98. The van der Waals surface area contributed by atoms with E-state index in [-0.39, 0.29) is 11.0 Å². The smallest absolute Gasteiger partial charge is 0.269 e. The predicted octanol–water partition coefficient (Wildman–Crippen LogP) is 2.39. The fourth-order valence-corrected chi connectivity index (χ4v) is 0.931. The van der Waals surface area contributed by atoms with E-state index < -0.39 is 17.7 Å². The van der Waals surface area contributed by atoms with E-state index in [4.69, 9.17) is 16.7 Å². The summed E-state index contributed by atoms with van der Waals surface area (Å²) in [6, 6.07) is 0.832. The summed E-state index contributed by atoms with van der Waals surface area (Å²) >= 11 is 5.38. The maximum Gasteiger partial charge on any atom is 0.269 e. The number of halogens is 3. The van der Waals surface area contributed by atoms with Crippen molar-refractivity contribution in [3.05, 3.63) is 16.8 Å². The van der Waals surface area contributed by atoms with Gasteiger partial charge in [0.1, 0.15) is 0 Å². The lowest BCUT2D eigenvalue weighted by Crippen LogP contribution is -1.96. The molecule has 0 bridgehead atoms. The van der Waals surface area contributed by atoms with Gasteiger partial charge in [-0.05, 0) is 6.07 Å². The van der Waals surface area contributed by atoms with Gasteiger partial charge in [-0.2, -0.15) is 4.98 Å². The van der Waals surface area contributed by atoms with E-state index in [1.807, 2.05) is 0 Å². The van der Waals surface area contributed by atoms with Crippen molar-refractivity contribution in [1.82, 2.24) is 4.98 Å². The van der Waals surface area contributed by atoms with Crippen LogP contribution in [0.15, 0.2) is 6.07 Å². The molecular formula is C7H6ClF2NO2. The van der Waals surface area contributed by atoms with Crippen molar-refractivity contribution < 1.29 is 18.6 Å². The fraction of sp³-hybridized carbons (Fsp3) is 0.286. The molecule has 0 fully saturated rings. The van der Waals surface area contributed by atoms with Gasteiger partial charge < -0.3 is 9.84 Å². The molecule has 1 N–H and O–H groups in total. The fourth-order valence-electron chi connectivity index (χ4n) is 0.799. The van der Waals surface area contributed by atoms with Crippen molar-refractivity contribution in [1.29, 1.82) is 0 Å². The second kappa shape index (κ2) is 3.74. The molecule has 0 amide bonds. The molecule has 0 radical (unpaired) electrons. The van der Waals surface area contributed by atoms with Crippen LogP contribution in [0.25, 0.3) is 0 Å². The summed E-state index contributed by atoms with van der Waals surface area (Å²) in [5.41, 5.74) is -0.482. The van der Waals surface area contributed by atoms with Crippen LogP contribution in [0.4, 0.5) is 8.78 Å². The van der Waals surface area contributed by atoms with Gasteiger partial charge in [0.25, 0.3) is 6.43 Å². The minimum absolute atomic E-state index is 0.263. The molecule has 0 unspecified atom stereocenters. The third-order valence-electron chi connectivity index (χ3n) is 1.38. The average molecular weight is 210 g/mol. The largest absolute Gasteiger partial charge is 0.505 e. The van der Waals surface area contributed by atoms with E-state index >= 15 is 0 Å². The Morgan fingerprint density at radius 1 is 1.62 bits per heavy atom. The third kappa shape index (κ3) is 1.98. The minimum atomic E-state index is -2.76. The molecule has 3 nitrogen and oxygen atoms in total. The molecule has 0 aliphatic heterocycles. The Bertz CT molecular complexity index is 320. The highest BCUT2D eigenvalue weighted by molar-refractivity contribution is 6.30. The molecule has 72 valence electrons. The van der Waals surface area contributed by atoms with Crippen LogP contribution in [0.3, 0.4) is 0 Å². The Hall–Kier alpha value is -1.10. The maximum absolute atomic E-state index is 12.3. The zero-order chi connectivity index (χ0) is 10.0. The van der Waals surface area contributed by atoms with E-state index in [1.54, 1.807) is 0 Å². The van der Waals surface area contributed by atoms with Crippen molar-refractivity contribution in [2.45, 2.75) is 6.43 Å². The van der Waals surface area contributed by atoms with E-state index in [0.29, 0.717) is 0 Å². The number of methoxy groups -OCH3 is 1. The molecule has 6 heteroatoms. The minimum Gasteiger partial charge on any atom is -0.505 e. The zero-order valence-electron chi connectivity index (χ0n) is 6.59. The molecule has 0 aliphatic rings. The molecule has 0 spiro atoms. The van der Waals surface area contributed by atoms with Crippen LogP contribution in [-0.4, -0.2) is 17.2 Å². The van der Waals surface area contributed by atoms with Crippen LogP contribution in [0.2, 0.25) is 5.15 Å². The summed E-state index contributed by atoms with van der Waals surface area (Å²) in [7, 11) is 1.20. The highest BCUT2D eigenvalue weighted by Crippen LogP contribution is 2.33. The molecular weight excluding hydrogens is 204 g/mol. The van der Waals surface area contributed by atoms with Gasteiger partial charge in [-0.1, -0.05) is 11.6 Å². The molecule has 1 rings (SSSR count). The number of alkyl halides is 2. The number of ether oxygens (including phenoxy) is 1. The lowest BCUT2D eigenvalue weighted by molar-refractivity contribution is 0.145. The molecule has 0 saturated carbocycles. The quantitative estimate of drug-likeness (QED) is 0.761. The Labute approximate surface area is 77.9 Å². The zero-order valence-corrected chi connectivity index (χ0v) is 7.35. The van der Waals surface area contributed by atoms with Crippen LogP contribution in [0, 0.1) is 0 Å². The average Bonchev–Trinajstić information content (AvgIpc) is 2.08. The number of aromatic hydroxyl groups is 1. The highest BCUT2D eigenvalue weighted by Gasteiger charge is 2.18. The van der Waals surface area contributed by atoms with Crippen molar-refractivity contribution in [2.24, 2.45) is 0 Å². The van der Waals surface area contributed by atoms with Gasteiger partial charge in [0.2, 0.25) is 5.88 Å². The lowest BCUT2D eigenvalue weighted by Gasteiger charge is -2.07. The van der Waals surface area contributed by atoms with Crippen LogP contribution in [0.5, 0.6) is 11.6 Å². The van der Waals surface area contributed by atoms with E-state index in [1.165, 1.54) is 7.11 Å². The summed E-state index contributed by atoms with van der Waals surface area (Å²) in [6.07, 6.45) is -2.76. The number of hydrogen-bond donors (Lipinski definition) is 1. The summed E-state index contributed by atoms with van der Waals surface area (Å²) in [6.45, 7) is 0. The number of nitrogens with zero attached hydrogens (tertiary/aromatic N) is 1. The summed E-state index contributed by atoms with van der Waals surface area (Å²) < 4.78 is 29.1. The first-order valence-electron chi connectivity index (χ1n) is 3.27. The predicted molar refractivity (Wildman–Crippen MR) is 42.4 cm³/mol. The first-order valence-corrected chi connectivity index (χ1v) is 3.65. The number of aromatic nitrogens is 1. The topological polar surface area (TPSA) is 42.4 Å². The van der Waals surface area contributed by atoms with Gasteiger partial charge in [-0.25, -0.2) is 8.78 Å². The van der Waals surface area contributed by atoms with E-state index in [0.717, 1.165) is 6.07 Å². The van der Waals surface area contributed by atoms with Gasteiger partial charge in [0, 0.05) is 0 Å². The van der Waals surface area contributed by atoms with Gasteiger partial charge in [-0.15, -0.1) is 0 Å². The number of rotatable bonds is 2. The normalized spacial score (nSPS) is 10.5. The summed E-state index contributed by atoms with van der Waals surface area (Å²) in [5.74, 6) is -0.768. The van der Waals surface area contributed by atoms with Gasteiger partial charge in [-0.3, -0.25) is 0 Å². The van der Waals surface area contributed by atoms with Gasteiger partial charge in [0.05, 0.1) is 12.7 Å².